The minimum absolute atomic E-state index is 0.107. The van der Waals surface area contributed by atoms with E-state index in [-0.39, 0.29) is 6.04 Å². The zero-order valence-corrected chi connectivity index (χ0v) is 11.5. The van der Waals surface area contributed by atoms with E-state index in [1.165, 1.54) is 0 Å². The molecule has 1 heterocycles. The predicted molar refractivity (Wildman–Crippen MR) is 74.9 cm³/mol. The molecule has 0 aliphatic rings. The van der Waals surface area contributed by atoms with Crippen LogP contribution in [0.3, 0.4) is 0 Å². The van der Waals surface area contributed by atoms with Crippen LogP contribution in [-0.4, -0.2) is 14.2 Å². The molecule has 19 heavy (non-hydrogen) atoms. The topological polar surface area (TPSA) is 43.6 Å². The number of hydrogen-bond acceptors (Lipinski definition) is 4. The Kier molecular flexibility index (Phi) is 4.34. The first-order valence-electron chi connectivity index (χ1n) is 6.30. The van der Waals surface area contributed by atoms with Gasteiger partial charge in [-0.15, -0.1) is 0 Å². The van der Waals surface area contributed by atoms with Crippen LogP contribution in [0.4, 0.5) is 5.69 Å². The summed E-state index contributed by atoms with van der Waals surface area (Å²) in [6, 6.07) is 9.64. The number of methoxy groups -OCH3 is 2. The van der Waals surface area contributed by atoms with Crippen molar-refractivity contribution in [2.45, 2.75) is 19.4 Å². The molecule has 102 valence electrons. The van der Waals surface area contributed by atoms with Gasteiger partial charge in [-0.05, 0) is 30.7 Å². The molecule has 2 rings (SSSR count). The van der Waals surface area contributed by atoms with Crippen LogP contribution in [0, 0.1) is 0 Å². The second kappa shape index (κ2) is 6.18. The molecule has 1 N–H and O–H groups in total. The number of furan rings is 1. The summed E-state index contributed by atoms with van der Waals surface area (Å²) in [4.78, 5) is 0. The lowest BCUT2D eigenvalue weighted by atomic mass is 10.1. The van der Waals surface area contributed by atoms with Crippen LogP contribution in [0.25, 0.3) is 0 Å². The van der Waals surface area contributed by atoms with Crippen molar-refractivity contribution in [1.82, 2.24) is 0 Å². The van der Waals surface area contributed by atoms with Crippen molar-refractivity contribution in [2.24, 2.45) is 0 Å². The Morgan fingerprint density at radius 3 is 2.63 bits per heavy atom. The SMILES string of the molecule is CCC(Nc1cc(OC)ccc1OC)c1ccco1. The Bertz CT molecular complexity index is 508. The molecule has 0 bridgehead atoms. The molecule has 1 atom stereocenters. The van der Waals surface area contributed by atoms with Crippen LogP contribution in [0.15, 0.2) is 41.0 Å². The maximum Gasteiger partial charge on any atom is 0.142 e. The van der Waals surface area contributed by atoms with Gasteiger partial charge in [-0.1, -0.05) is 6.92 Å². The third-order valence-corrected chi connectivity index (χ3v) is 3.03. The van der Waals surface area contributed by atoms with Gasteiger partial charge in [0.25, 0.3) is 0 Å². The summed E-state index contributed by atoms with van der Waals surface area (Å²) in [6.07, 6.45) is 2.59. The van der Waals surface area contributed by atoms with Crippen molar-refractivity contribution >= 4 is 5.69 Å². The quantitative estimate of drug-likeness (QED) is 0.857. The van der Waals surface area contributed by atoms with E-state index in [2.05, 4.69) is 12.2 Å². The van der Waals surface area contributed by atoms with Gasteiger partial charge in [0.2, 0.25) is 0 Å². The number of rotatable bonds is 6. The molecule has 0 spiro atoms. The zero-order chi connectivity index (χ0) is 13.7. The van der Waals surface area contributed by atoms with Gasteiger partial charge in [0.05, 0.1) is 32.2 Å². The van der Waals surface area contributed by atoms with Gasteiger partial charge in [0.1, 0.15) is 17.3 Å². The van der Waals surface area contributed by atoms with Crippen molar-refractivity contribution in [2.75, 3.05) is 19.5 Å². The highest BCUT2D eigenvalue weighted by atomic mass is 16.5. The van der Waals surface area contributed by atoms with Gasteiger partial charge in [-0.25, -0.2) is 0 Å². The fourth-order valence-corrected chi connectivity index (χ4v) is 1.98. The van der Waals surface area contributed by atoms with E-state index in [1.807, 2.05) is 30.3 Å². The number of nitrogens with one attached hydrogen (secondary N) is 1. The standard InChI is InChI=1S/C15H19NO3/c1-4-12(15-6-5-9-19-15)16-13-10-11(17-2)7-8-14(13)18-3/h5-10,12,16H,4H2,1-3H3. The van der Waals surface area contributed by atoms with E-state index >= 15 is 0 Å². The Hall–Kier alpha value is -2.10. The average molecular weight is 261 g/mol. The van der Waals surface area contributed by atoms with Crippen LogP contribution in [0.1, 0.15) is 25.1 Å². The summed E-state index contributed by atoms with van der Waals surface area (Å²) in [5.41, 5.74) is 0.894. The predicted octanol–water partition coefficient (Wildman–Crippen LogP) is 3.86. The van der Waals surface area contributed by atoms with E-state index in [4.69, 9.17) is 13.9 Å². The molecule has 0 amide bonds. The lowest BCUT2D eigenvalue weighted by molar-refractivity contribution is 0.403. The fraction of sp³-hybridized carbons (Fsp3) is 0.333. The highest BCUT2D eigenvalue weighted by Crippen LogP contribution is 2.32. The van der Waals surface area contributed by atoms with Crippen molar-refractivity contribution in [3.63, 3.8) is 0 Å². The fourth-order valence-electron chi connectivity index (χ4n) is 1.98. The first-order valence-corrected chi connectivity index (χ1v) is 6.30. The number of hydrogen-bond donors (Lipinski definition) is 1. The summed E-state index contributed by atoms with van der Waals surface area (Å²) >= 11 is 0. The Labute approximate surface area is 113 Å². The van der Waals surface area contributed by atoms with Crippen LogP contribution in [0.5, 0.6) is 11.5 Å². The first kappa shape index (κ1) is 13.3. The van der Waals surface area contributed by atoms with Gasteiger partial charge < -0.3 is 19.2 Å². The minimum Gasteiger partial charge on any atom is -0.497 e. The Balaban J connectivity index is 2.25. The molecule has 1 unspecified atom stereocenters. The molecule has 2 aromatic rings. The maximum atomic E-state index is 5.45. The van der Waals surface area contributed by atoms with E-state index in [0.29, 0.717) is 0 Å². The van der Waals surface area contributed by atoms with E-state index in [0.717, 1.165) is 29.4 Å². The number of anilines is 1. The van der Waals surface area contributed by atoms with Crippen molar-refractivity contribution in [1.29, 1.82) is 0 Å². The molecule has 4 nitrogen and oxygen atoms in total. The average Bonchev–Trinajstić information content (AvgIpc) is 2.98. The minimum atomic E-state index is 0.107. The van der Waals surface area contributed by atoms with Crippen LogP contribution < -0.4 is 14.8 Å². The van der Waals surface area contributed by atoms with E-state index in [9.17, 15) is 0 Å². The van der Waals surface area contributed by atoms with E-state index in [1.54, 1.807) is 20.5 Å². The smallest absolute Gasteiger partial charge is 0.142 e. The number of benzene rings is 1. The maximum absolute atomic E-state index is 5.45. The van der Waals surface area contributed by atoms with Crippen molar-refractivity contribution in [3.05, 3.63) is 42.4 Å². The third-order valence-electron chi connectivity index (χ3n) is 3.03. The molecule has 0 aliphatic carbocycles. The monoisotopic (exact) mass is 261 g/mol. The Morgan fingerprint density at radius 2 is 2.05 bits per heavy atom. The lowest BCUT2D eigenvalue weighted by Crippen LogP contribution is -2.09. The molecule has 0 aliphatic heterocycles. The van der Waals surface area contributed by atoms with Gasteiger partial charge in [-0.3, -0.25) is 0 Å². The molecule has 0 fully saturated rings. The summed E-state index contributed by atoms with van der Waals surface area (Å²) in [7, 11) is 3.30. The molecule has 1 aromatic carbocycles. The van der Waals surface area contributed by atoms with Gasteiger partial charge in [0.15, 0.2) is 0 Å². The molecule has 0 saturated carbocycles. The first-order chi connectivity index (χ1) is 9.28. The lowest BCUT2D eigenvalue weighted by Gasteiger charge is -2.18. The van der Waals surface area contributed by atoms with Gasteiger partial charge in [-0.2, -0.15) is 0 Å². The molecule has 1 aromatic heterocycles. The highest BCUT2D eigenvalue weighted by molar-refractivity contribution is 5.60. The largest absolute Gasteiger partial charge is 0.497 e. The third kappa shape index (κ3) is 3.02. The highest BCUT2D eigenvalue weighted by Gasteiger charge is 2.14. The van der Waals surface area contributed by atoms with Gasteiger partial charge >= 0.3 is 0 Å². The van der Waals surface area contributed by atoms with Crippen LogP contribution in [-0.2, 0) is 0 Å². The molecule has 0 saturated heterocycles. The summed E-state index contributed by atoms with van der Waals surface area (Å²) in [5.74, 6) is 2.48. The second-order valence-corrected chi connectivity index (χ2v) is 4.19. The van der Waals surface area contributed by atoms with Crippen molar-refractivity contribution in [3.8, 4) is 11.5 Å². The normalized spacial score (nSPS) is 11.9. The second-order valence-electron chi connectivity index (χ2n) is 4.19. The van der Waals surface area contributed by atoms with Crippen molar-refractivity contribution < 1.29 is 13.9 Å². The van der Waals surface area contributed by atoms with Crippen LogP contribution in [0.2, 0.25) is 0 Å². The zero-order valence-electron chi connectivity index (χ0n) is 11.5. The summed E-state index contributed by atoms with van der Waals surface area (Å²) in [6.45, 7) is 2.10. The van der Waals surface area contributed by atoms with Gasteiger partial charge in [0, 0.05) is 6.07 Å². The molecular weight excluding hydrogens is 242 g/mol. The van der Waals surface area contributed by atoms with E-state index < -0.39 is 0 Å². The molecule has 4 heteroatoms. The summed E-state index contributed by atoms with van der Waals surface area (Å²) < 4.78 is 16.1. The molecular formula is C15H19NO3. The molecule has 0 radical (unpaired) electrons. The number of ether oxygens (including phenoxy) is 2. The summed E-state index contributed by atoms with van der Waals surface area (Å²) in [5, 5.41) is 3.43. The Morgan fingerprint density at radius 1 is 1.21 bits per heavy atom. The van der Waals surface area contributed by atoms with Crippen LogP contribution >= 0.6 is 0 Å².